The lowest BCUT2D eigenvalue weighted by Gasteiger charge is -2.06. The van der Waals surface area contributed by atoms with Crippen LogP contribution in [0.15, 0.2) is 51.9 Å². The van der Waals surface area contributed by atoms with E-state index in [0.29, 0.717) is 32.5 Å². The first-order valence-corrected chi connectivity index (χ1v) is 7.65. The number of carbonyl (C=O) groups is 1. The van der Waals surface area contributed by atoms with Gasteiger partial charge in [-0.2, -0.15) is 0 Å². The van der Waals surface area contributed by atoms with Gasteiger partial charge in [0.15, 0.2) is 5.58 Å². The van der Waals surface area contributed by atoms with E-state index in [-0.39, 0.29) is 11.1 Å². The van der Waals surface area contributed by atoms with Gasteiger partial charge in [-0.05, 0) is 30.3 Å². The third-order valence-corrected chi connectivity index (χ3v) is 3.84. The molecule has 1 aromatic heterocycles. The fraction of sp³-hybridized carbons (Fsp3) is 0.0588. The Morgan fingerprint density at radius 1 is 1.21 bits per heavy atom. The highest BCUT2D eigenvalue weighted by atomic mass is 35.5. The highest BCUT2D eigenvalue weighted by Gasteiger charge is 2.13. The zero-order valence-corrected chi connectivity index (χ0v) is 14.1. The van der Waals surface area contributed by atoms with Crippen molar-refractivity contribution in [3.05, 3.63) is 63.6 Å². The van der Waals surface area contributed by atoms with Gasteiger partial charge in [0.05, 0.1) is 12.1 Å². The van der Waals surface area contributed by atoms with E-state index in [1.165, 1.54) is 7.11 Å². The van der Waals surface area contributed by atoms with Crippen molar-refractivity contribution < 1.29 is 13.9 Å². The topological polar surface area (TPSA) is 77.8 Å². The fourth-order valence-electron chi connectivity index (χ4n) is 2.26. The van der Waals surface area contributed by atoms with Gasteiger partial charge in [-0.1, -0.05) is 35.3 Å². The summed E-state index contributed by atoms with van der Waals surface area (Å²) in [6.07, 6.45) is 0. The molecule has 5 nitrogen and oxygen atoms in total. The van der Waals surface area contributed by atoms with Gasteiger partial charge >= 0.3 is 0 Å². The number of fused-ring (bicyclic) bond motifs is 1. The number of methoxy groups -OCH3 is 1. The molecule has 0 radical (unpaired) electrons. The first kappa shape index (κ1) is 16.4. The third-order valence-electron chi connectivity index (χ3n) is 3.34. The van der Waals surface area contributed by atoms with Crippen LogP contribution < -0.4 is 16.0 Å². The summed E-state index contributed by atoms with van der Waals surface area (Å²) in [6.45, 7) is 0. The van der Waals surface area contributed by atoms with Crippen LogP contribution in [0, 0.1) is 0 Å². The van der Waals surface area contributed by atoms with Gasteiger partial charge in [0, 0.05) is 10.4 Å². The van der Waals surface area contributed by atoms with Crippen LogP contribution in [0.1, 0.15) is 10.4 Å². The minimum Gasteiger partial charge on any atom is -0.494 e. The molecular weight excluding hydrogens is 351 g/mol. The lowest BCUT2D eigenvalue weighted by atomic mass is 10.1. The molecule has 0 bridgehead atoms. The van der Waals surface area contributed by atoms with E-state index in [9.17, 15) is 4.79 Å². The lowest BCUT2D eigenvalue weighted by Crippen LogP contribution is -2.21. The molecule has 0 saturated carbocycles. The van der Waals surface area contributed by atoms with Crippen LogP contribution in [0.3, 0.4) is 0 Å². The average Bonchev–Trinajstić information content (AvgIpc) is 2.55. The number of halogens is 2. The van der Waals surface area contributed by atoms with E-state index in [1.54, 1.807) is 36.4 Å². The summed E-state index contributed by atoms with van der Waals surface area (Å²) in [7, 11) is 1.53. The molecule has 0 spiro atoms. The minimum atomic E-state index is -0.676. The maximum atomic E-state index is 11.8. The Bertz CT molecular complexity index is 1010. The molecule has 2 N–H and O–H groups in total. The number of hydrogen-bond donors (Lipinski definition) is 1. The lowest BCUT2D eigenvalue weighted by molar-refractivity contribution is 0.0996. The summed E-state index contributed by atoms with van der Waals surface area (Å²) in [5.74, 6) is -0.143. The van der Waals surface area contributed by atoms with Gasteiger partial charge in [0.2, 0.25) is 5.55 Å². The van der Waals surface area contributed by atoms with E-state index in [0.717, 1.165) is 0 Å². The largest absolute Gasteiger partial charge is 0.494 e. The second-order valence-corrected chi connectivity index (χ2v) is 5.76. The summed E-state index contributed by atoms with van der Waals surface area (Å²) in [5.41, 5.74) is 6.47. The van der Waals surface area contributed by atoms with Crippen LogP contribution in [0.4, 0.5) is 5.69 Å². The number of amides is 1. The Labute approximate surface area is 147 Å². The van der Waals surface area contributed by atoms with Crippen molar-refractivity contribution in [3.63, 3.8) is 0 Å². The molecule has 2 aromatic carbocycles. The summed E-state index contributed by atoms with van der Waals surface area (Å²) in [5, 5.41) is 1.29. The highest BCUT2D eigenvalue weighted by Crippen LogP contribution is 2.29. The van der Waals surface area contributed by atoms with Crippen molar-refractivity contribution in [1.82, 2.24) is 0 Å². The maximum absolute atomic E-state index is 11.8. The van der Waals surface area contributed by atoms with E-state index >= 15 is 0 Å². The molecule has 0 aliphatic heterocycles. The number of primary amides is 1. The maximum Gasteiger partial charge on any atom is 0.254 e. The van der Waals surface area contributed by atoms with Crippen LogP contribution in [0.5, 0.6) is 5.75 Å². The number of ether oxygens (including phenoxy) is 1. The standard InChI is InChI=1S/C17H12Cl2N2O3/c1-23-14-5-3-2-4-13(14)21-17-11(16(20)22)7-9-6-10(18)8-12(19)15(9)24-17/h2-8H,1H3,(H2,20,22). The number of hydrogen-bond acceptors (Lipinski definition) is 4. The second kappa shape index (κ2) is 6.55. The van der Waals surface area contributed by atoms with Crippen molar-refractivity contribution in [3.8, 4) is 5.75 Å². The first-order chi connectivity index (χ1) is 11.5. The smallest absolute Gasteiger partial charge is 0.254 e. The molecule has 122 valence electrons. The van der Waals surface area contributed by atoms with Crippen molar-refractivity contribution in [2.24, 2.45) is 10.7 Å². The Kier molecular flexibility index (Phi) is 4.46. The highest BCUT2D eigenvalue weighted by molar-refractivity contribution is 6.38. The van der Waals surface area contributed by atoms with Crippen LogP contribution in [-0.2, 0) is 0 Å². The van der Waals surface area contributed by atoms with Crippen LogP contribution in [-0.4, -0.2) is 13.0 Å². The molecule has 0 saturated heterocycles. The van der Waals surface area contributed by atoms with Gasteiger partial charge < -0.3 is 14.9 Å². The van der Waals surface area contributed by atoms with Crippen LogP contribution >= 0.6 is 23.2 Å². The number of benzene rings is 2. The average molecular weight is 363 g/mol. The molecule has 1 amide bonds. The Hall–Kier alpha value is -2.50. The summed E-state index contributed by atoms with van der Waals surface area (Å²) >= 11 is 12.1. The normalized spacial score (nSPS) is 11.7. The number of para-hydroxylation sites is 2. The van der Waals surface area contributed by atoms with Gasteiger partial charge in [0.25, 0.3) is 5.91 Å². The van der Waals surface area contributed by atoms with Crippen LogP contribution in [0.2, 0.25) is 10.0 Å². The summed E-state index contributed by atoms with van der Waals surface area (Å²) in [4.78, 5) is 16.1. The molecule has 1 heterocycles. The molecule has 0 unspecified atom stereocenters. The van der Waals surface area contributed by atoms with E-state index in [4.69, 9.17) is 38.1 Å². The number of nitrogens with two attached hydrogens (primary N) is 1. The quantitative estimate of drug-likeness (QED) is 0.762. The molecule has 7 heteroatoms. The Balaban J connectivity index is 2.36. The first-order valence-electron chi connectivity index (χ1n) is 6.90. The number of nitrogens with zero attached hydrogens (tertiary/aromatic N) is 1. The summed E-state index contributed by atoms with van der Waals surface area (Å²) < 4.78 is 11.0. The van der Waals surface area contributed by atoms with Crippen LogP contribution in [0.25, 0.3) is 11.0 Å². The second-order valence-electron chi connectivity index (χ2n) is 4.92. The number of rotatable bonds is 3. The SMILES string of the molecule is COc1ccccc1N=c1oc2c(Cl)cc(Cl)cc2cc1C(N)=O. The predicted molar refractivity (Wildman–Crippen MR) is 93.0 cm³/mol. The third kappa shape index (κ3) is 3.09. The molecule has 3 aromatic rings. The van der Waals surface area contributed by atoms with Gasteiger partial charge in [0.1, 0.15) is 17.0 Å². The van der Waals surface area contributed by atoms with Crippen molar-refractivity contribution in [1.29, 1.82) is 0 Å². The monoisotopic (exact) mass is 362 g/mol. The zero-order chi connectivity index (χ0) is 17.3. The zero-order valence-electron chi connectivity index (χ0n) is 12.5. The Morgan fingerprint density at radius 3 is 2.67 bits per heavy atom. The molecule has 0 fully saturated rings. The molecule has 0 atom stereocenters. The van der Waals surface area contributed by atoms with Crippen molar-refractivity contribution in [2.75, 3.05) is 7.11 Å². The fourth-order valence-corrected chi connectivity index (χ4v) is 2.80. The molecule has 3 rings (SSSR count). The van der Waals surface area contributed by atoms with Crippen molar-refractivity contribution >= 4 is 45.8 Å². The van der Waals surface area contributed by atoms with Gasteiger partial charge in [-0.25, -0.2) is 4.99 Å². The Morgan fingerprint density at radius 2 is 1.96 bits per heavy atom. The molecule has 0 aliphatic carbocycles. The van der Waals surface area contributed by atoms with Gasteiger partial charge in [-0.15, -0.1) is 0 Å². The van der Waals surface area contributed by atoms with E-state index in [2.05, 4.69) is 4.99 Å². The molecular formula is C17H12Cl2N2O3. The predicted octanol–water partition coefficient (Wildman–Crippen LogP) is 4.08. The van der Waals surface area contributed by atoms with E-state index in [1.807, 2.05) is 6.07 Å². The van der Waals surface area contributed by atoms with Gasteiger partial charge in [-0.3, -0.25) is 4.79 Å². The summed E-state index contributed by atoms with van der Waals surface area (Å²) in [6, 6.07) is 11.8. The minimum absolute atomic E-state index is 0.0451. The number of carbonyl (C=O) groups excluding carboxylic acids is 1. The van der Waals surface area contributed by atoms with Crippen molar-refractivity contribution in [2.45, 2.75) is 0 Å². The molecule has 0 aliphatic rings. The molecule has 24 heavy (non-hydrogen) atoms. The van der Waals surface area contributed by atoms with E-state index < -0.39 is 5.91 Å².